The number of hydrogen-bond acceptors (Lipinski definition) is 3. The van der Waals surface area contributed by atoms with Gasteiger partial charge in [0.1, 0.15) is 11.6 Å². The Morgan fingerprint density at radius 1 is 1.43 bits per heavy atom. The average Bonchev–Trinajstić information content (AvgIpc) is 2.76. The maximum Gasteiger partial charge on any atom is 0.321 e. The molecule has 0 aliphatic heterocycles. The van der Waals surface area contributed by atoms with E-state index in [1.54, 1.807) is 23.9 Å². The Morgan fingerprint density at radius 3 is 2.78 bits per heavy atom. The summed E-state index contributed by atoms with van der Waals surface area (Å²) in [6.45, 7) is 2.28. The number of halogens is 1. The normalized spacial score (nSPS) is 15.8. The van der Waals surface area contributed by atoms with Gasteiger partial charge in [-0.1, -0.05) is 18.6 Å². The van der Waals surface area contributed by atoms with Gasteiger partial charge in [0.15, 0.2) is 0 Å². The van der Waals surface area contributed by atoms with Crippen molar-refractivity contribution in [2.24, 2.45) is 7.05 Å². The number of carbonyl (C=O) groups excluding carboxylic acids is 1. The molecule has 0 bridgehead atoms. The lowest BCUT2D eigenvalue weighted by atomic mass is 9.64. The minimum atomic E-state index is -0.349. The summed E-state index contributed by atoms with van der Waals surface area (Å²) < 4.78 is 15.1. The Bertz CT molecular complexity index is 704. The van der Waals surface area contributed by atoms with E-state index in [-0.39, 0.29) is 23.2 Å². The van der Waals surface area contributed by atoms with Gasteiger partial charge in [0.05, 0.1) is 0 Å². The number of hydrogen-bond donors (Lipinski definition) is 2. The van der Waals surface area contributed by atoms with Crippen LogP contribution in [-0.4, -0.2) is 27.3 Å². The summed E-state index contributed by atoms with van der Waals surface area (Å²) in [4.78, 5) is 16.2. The summed E-state index contributed by atoms with van der Waals surface area (Å²) >= 11 is 0. The minimum Gasteiger partial charge on any atom is -0.337 e. The van der Waals surface area contributed by atoms with Crippen molar-refractivity contribution in [1.82, 2.24) is 20.1 Å². The van der Waals surface area contributed by atoms with Gasteiger partial charge in [0, 0.05) is 19.0 Å². The fourth-order valence-electron chi connectivity index (χ4n) is 2.90. The molecule has 0 saturated heterocycles. The number of aryl methyl sites for hydroxylation is 2. The van der Waals surface area contributed by atoms with E-state index in [4.69, 9.17) is 0 Å². The highest BCUT2D eigenvalue weighted by molar-refractivity contribution is 5.87. The number of carbonyl (C=O) groups is 1. The molecule has 2 aromatic rings. The maximum atomic E-state index is 13.5. The topological polar surface area (TPSA) is 71.8 Å². The van der Waals surface area contributed by atoms with E-state index in [9.17, 15) is 9.18 Å². The Balaban J connectivity index is 1.63. The van der Waals surface area contributed by atoms with E-state index < -0.39 is 0 Å². The first-order valence-electron chi connectivity index (χ1n) is 7.67. The molecular formula is C16H20FN5O. The van der Waals surface area contributed by atoms with Crippen molar-refractivity contribution in [1.29, 1.82) is 0 Å². The minimum absolute atomic E-state index is 0.174. The molecule has 1 heterocycles. The van der Waals surface area contributed by atoms with Gasteiger partial charge >= 0.3 is 6.03 Å². The number of amides is 2. The van der Waals surface area contributed by atoms with Crippen LogP contribution in [0, 0.1) is 12.7 Å². The highest BCUT2D eigenvalue weighted by atomic mass is 19.1. The van der Waals surface area contributed by atoms with Gasteiger partial charge in [-0.3, -0.25) is 10.00 Å². The van der Waals surface area contributed by atoms with Gasteiger partial charge in [-0.05, 0) is 37.5 Å². The van der Waals surface area contributed by atoms with Crippen LogP contribution in [0.15, 0.2) is 24.3 Å². The first-order chi connectivity index (χ1) is 11.0. The lowest BCUT2D eigenvalue weighted by molar-refractivity contribution is 0.221. The van der Waals surface area contributed by atoms with Crippen molar-refractivity contribution in [3.8, 4) is 0 Å². The molecule has 1 saturated carbocycles. The molecular weight excluding hydrogens is 297 g/mol. The summed E-state index contributed by atoms with van der Waals surface area (Å²) in [5.74, 6) is 0.748. The molecule has 6 nitrogen and oxygen atoms in total. The molecule has 122 valence electrons. The fourth-order valence-corrected chi connectivity index (χ4v) is 2.90. The fraction of sp³-hybridized carbons (Fsp3) is 0.438. The predicted octanol–water partition coefficient (Wildman–Crippen LogP) is 2.51. The molecule has 1 aliphatic rings. The van der Waals surface area contributed by atoms with Crippen LogP contribution in [0.2, 0.25) is 0 Å². The molecule has 0 atom stereocenters. The van der Waals surface area contributed by atoms with Gasteiger partial charge < -0.3 is 5.32 Å². The zero-order valence-corrected chi connectivity index (χ0v) is 13.3. The van der Waals surface area contributed by atoms with Gasteiger partial charge in [-0.25, -0.2) is 9.18 Å². The zero-order valence-electron chi connectivity index (χ0n) is 13.3. The van der Waals surface area contributed by atoms with Gasteiger partial charge in [0.2, 0.25) is 5.95 Å². The first-order valence-corrected chi connectivity index (χ1v) is 7.67. The van der Waals surface area contributed by atoms with Crippen LogP contribution in [0.1, 0.15) is 30.7 Å². The molecule has 0 radical (unpaired) electrons. The quantitative estimate of drug-likeness (QED) is 0.910. The number of aromatic nitrogens is 3. The molecule has 7 heteroatoms. The van der Waals surface area contributed by atoms with Crippen molar-refractivity contribution in [2.75, 3.05) is 11.9 Å². The first kappa shape index (κ1) is 15.5. The van der Waals surface area contributed by atoms with E-state index >= 15 is 0 Å². The lowest BCUT2D eigenvalue weighted by Crippen LogP contribution is -2.46. The van der Waals surface area contributed by atoms with Crippen molar-refractivity contribution in [3.05, 3.63) is 41.5 Å². The third-order valence-corrected chi connectivity index (χ3v) is 4.54. The molecule has 2 amide bonds. The largest absolute Gasteiger partial charge is 0.337 e. The van der Waals surface area contributed by atoms with Gasteiger partial charge in [0.25, 0.3) is 0 Å². The van der Waals surface area contributed by atoms with Crippen LogP contribution >= 0.6 is 0 Å². The maximum absolute atomic E-state index is 13.5. The van der Waals surface area contributed by atoms with E-state index in [0.717, 1.165) is 30.7 Å². The van der Waals surface area contributed by atoms with Crippen LogP contribution in [0.25, 0.3) is 0 Å². The SMILES string of the molecule is Cc1nc(NC(=O)NCC2(c3cccc(F)c3)CCC2)nn1C. The number of urea groups is 1. The van der Waals surface area contributed by atoms with Crippen molar-refractivity contribution >= 4 is 12.0 Å². The molecule has 1 aromatic heterocycles. The van der Waals surface area contributed by atoms with Crippen LogP contribution in [0.4, 0.5) is 15.1 Å². The predicted molar refractivity (Wildman–Crippen MR) is 84.7 cm³/mol. The highest BCUT2D eigenvalue weighted by Crippen LogP contribution is 2.43. The van der Waals surface area contributed by atoms with E-state index in [0.29, 0.717) is 6.54 Å². The Morgan fingerprint density at radius 2 is 2.22 bits per heavy atom. The number of rotatable bonds is 4. The smallest absolute Gasteiger partial charge is 0.321 e. The standard InChI is InChI=1S/C16H20FN5O/c1-11-19-14(21-22(11)2)20-15(23)18-10-16(7-4-8-16)12-5-3-6-13(17)9-12/h3,5-6,9H,4,7-8,10H2,1-2H3,(H2,18,20,21,23). The molecule has 3 rings (SSSR count). The lowest BCUT2D eigenvalue weighted by Gasteiger charge is -2.42. The molecule has 0 spiro atoms. The van der Waals surface area contributed by atoms with Crippen LogP contribution in [0.5, 0.6) is 0 Å². The summed E-state index contributed by atoms with van der Waals surface area (Å²) in [5.41, 5.74) is 0.767. The second-order valence-corrected chi connectivity index (χ2v) is 6.06. The number of nitrogens with zero attached hydrogens (tertiary/aromatic N) is 3. The van der Waals surface area contributed by atoms with Crippen LogP contribution in [0.3, 0.4) is 0 Å². The third kappa shape index (κ3) is 3.18. The number of benzene rings is 1. The van der Waals surface area contributed by atoms with Crippen LogP contribution in [-0.2, 0) is 12.5 Å². The molecule has 1 aromatic carbocycles. The van der Waals surface area contributed by atoms with Gasteiger partial charge in [-0.15, -0.1) is 5.10 Å². The number of anilines is 1. The van der Waals surface area contributed by atoms with E-state index in [2.05, 4.69) is 20.7 Å². The summed E-state index contributed by atoms with van der Waals surface area (Å²) in [6, 6.07) is 6.28. The monoisotopic (exact) mass is 317 g/mol. The van der Waals surface area contributed by atoms with E-state index in [1.165, 1.54) is 6.07 Å². The Labute approximate surface area is 134 Å². The average molecular weight is 317 g/mol. The van der Waals surface area contributed by atoms with Crippen LogP contribution < -0.4 is 10.6 Å². The third-order valence-electron chi connectivity index (χ3n) is 4.54. The van der Waals surface area contributed by atoms with Crippen molar-refractivity contribution < 1.29 is 9.18 Å². The molecule has 2 N–H and O–H groups in total. The molecule has 1 fully saturated rings. The summed E-state index contributed by atoms with van der Waals surface area (Å²) in [7, 11) is 1.76. The second kappa shape index (κ2) is 5.98. The number of nitrogens with one attached hydrogen (secondary N) is 2. The highest BCUT2D eigenvalue weighted by Gasteiger charge is 2.39. The summed E-state index contributed by atoms with van der Waals surface area (Å²) in [6.07, 6.45) is 2.97. The molecule has 1 aliphatic carbocycles. The zero-order chi connectivity index (χ0) is 16.4. The Hall–Kier alpha value is -2.44. The Kier molecular flexibility index (Phi) is 4.02. The molecule has 23 heavy (non-hydrogen) atoms. The molecule has 0 unspecified atom stereocenters. The van der Waals surface area contributed by atoms with Crippen molar-refractivity contribution in [2.45, 2.75) is 31.6 Å². The summed E-state index contributed by atoms with van der Waals surface area (Å²) in [5, 5.41) is 9.56. The van der Waals surface area contributed by atoms with E-state index in [1.807, 2.05) is 13.0 Å². The second-order valence-electron chi connectivity index (χ2n) is 6.06. The van der Waals surface area contributed by atoms with Crippen molar-refractivity contribution in [3.63, 3.8) is 0 Å². The van der Waals surface area contributed by atoms with Gasteiger partial charge in [-0.2, -0.15) is 4.98 Å².